The lowest BCUT2D eigenvalue weighted by molar-refractivity contribution is -0.147. The summed E-state index contributed by atoms with van der Waals surface area (Å²) in [6, 6.07) is 6.28. The predicted molar refractivity (Wildman–Crippen MR) is 118 cm³/mol. The molecule has 0 radical (unpaired) electrons. The van der Waals surface area contributed by atoms with Crippen LogP contribution in [0.4, 0.5) is 5.00 Å². The highest BCUT2D eigenvalue weighted by Crippen LogP contribution is 2.38. The number of carbonyl (C=O) groups excluding carboxylic acids is 5. The van der Waals surface area contributed by atoms with Crippen molar-refractivity contribution in [3.8, 4) is 0 Å². The van der Waals surface area contributed by atoms with Gasteiger partial charge >= 0.3 is 11.9 Å². The smallest absolute Gasteiger partial charge is 0.341 e. The summed E-state index contributed by atoms with van der Waals surface area (Å²) in [6.07, 6.45) is 3.54. The quantitative estimate of drug-likeness (QED) is 0.488. The number of amides is 3. The number of ether oxygens (including phenoxy) is 2. The van der Waals surface area contributed by atoms with Crippen molar-refractivity contribution in [2.75, 3.05) is 25.1 Å². The number of nitrogens with one attached hydrogen (secondary N) is 1. The van der Waals surface area contributed by atoms with Crippen LogP contribution >= 0.6 is 11.3 Å². The van der Waals surface area contributed by atoms with Crippen LogP contribution in [0.1, 0.15) is 61.3 Å². The van der Waals surface area contributed by atoms with Gasteiger partial charge in [0, 0.05) is 4.88 Å². The molecule has 33 heavy (non-hydrogen) atoms. The molecule has 0 saturated heterocycles. The van der Waals surface area contributed by atoms with Gasteiger partial charge in [0.25, 0.3) is 17.7 Å². The van der Waals surface area contributed by atoms with Crippen LogP contribution in [0.15, 0.2) is 24.3 Å². The first-order valence-corrected chi connectivity index (χ1v) is 11.4. The summed E-state index contributed by atoms with van der Waals surface area (Å²) in [5, 5.41) is 3.02. The molecule has 1 aliphatic heterocycles. The average molecular weight is 471 g/mol. The molecule has 0 unspecified atom stereocenters. The summed E-state index contributed by atoms with van der Waals surface area (Å²) in [4.78, 5) is 63.6. The summed E-state index contributed by atoms with van der Waals surface area (Å²) >= 11 is 1.33. The molecule has 172 valence electrons. The molecule has 9 nitrogen and oxygen atoms in total. The molecule has 4 rings (SSSR count). The maximum atomic E-state index is 12.5. The Morgan fingerprint density at radius 2 is 1.70 bits per heavy atom. The zero-order valence-electron chi connectivity index (χ0n) is 18.0. The van der Waals surface area contributed by atoms with Gasteiger partial charge in [0.2, 0.25) is 0 Å². The topological polar surface area (TPSA) is 119 Å². The van der Waals surface area contributed by atoms with Crippen molar-refractivity contribution >= 4 is 46.0 Å². The van der Waals surface area contributed by atoms with Crippen molar-refractivity contribution in [3.05, 3.63) is 51.4 Å². The molecule has 0 bridgehead atoms. The molecule has 0 fully saturated rings. The molecule has 0 saturated carbocycles. The minimum Gasteiger partial charge on any atom is -0.462 e. The molecule has 2 heterocycles. The van der Waals surface area contributed by atoms with Crippen molar-refractivity contribution < 1.29 is 33.4 Å². The summed E-state index contributed by atoms with van der Waals surface area (Å²) in [5.74, 6) is -3.18. The third-order valence-electron chi connectivity index (χ3n) is 5.43. The van der Waals surface area contributed by atoms with Crippen LogP contribution in [0.25, 0.3) is 0 Å². The molecule has 3 amide bonds. The van der Waals surface area contributed by atoms with Gasteiger partial charge in [-0.15, -0.1) is 11.3 Å². The van der Waals surface area contributed by atoms with Crippen LogP contribution in [0.3, 0.4) is 0 Å². The van der Waals surface area contributed by atoms with Gasteiger partial charge in [-0.25, -0.2) is 4.79 Å². The van der Waals surface area contributed by atoms with Crippen molar-refractivity contribution in [2.24, 2.45) is 0 Å². The van der Waals surface area contributed by atoms with Crippen molar-refractivity contribution in [1.82, 2.24) is 4.90 Å². The Bertz CT molecular complexity index is 1120. The van der Waals surface area contributed by atoms with E-state index in [0.29, 0.717) is 10.6 Å². The molecule has 1 aromatic carbocycles. The molecule has 1 aromatic heterocycles. The predicted octanol–water partition coefficient (Wildman–Crippen LogP) is 2.58. The summed E-state index contributed by atoms with van der Waals surface area (Å²) in [5.41, 5.74) is 1.72. The second-order valence-electron chi connectivity index (χ2n) is 7.59. The van der Waals surface area contributed by atoms with Crippen molar-refractivity contribution in [3.63, 3.8) is 0 Å². The van der Waals surface area contributed by atoms with Gasteiger partial charge in [0.15, 0.2) is 6.61 Å². The highest BCUT2D eigenvalue weighted by atomic mass is 32.1. The standard InChI is InChI=1S/C23H22N2O7S/c1-2-31-23(30)19-15-9-5-6-10-16(15)33-20(19)24-17(26)12-32-18(27)11-25-21(28)13-7-3-4-8-14(13)22(25)29/h3-4,7-8H,2,5-6,9-12H2,1H3,(H,24,26). The van der Waals surface area contributed by atoms with Gasteiger partial charge in [-0.1, -0.05) is 12.1 Å². The number of nitrogens with zero attached hydrogens (tertiary/aromatic N) is 1. The fourth-order valence-electron chi connectivity index (χ4n) is 3.94. The van der Waals surface area contributed by atoms with Crippen molar-refractivity contribution in [2.45, 2.75) is 32.6 Å². The monoisotopic (exact) mass is 470 g/mol. The SMILES string of the molecule is CCOC(=O)c1c(NC(=O)COC(=O)CN2C(=O)c3ccccc3C2=O)sc2c1CCCC2. The number of anilines is 1. The fourth-order valence-corrected chi connectivity index (χ4v) is 5.23. The summed E-state index contributed by atoms with van der Waals surface area (Å²) in [7, 11) is 0. The molecule has 2 aliphatic rings. The third kappa shape index (κ3) is 4.51. The average Bonchev–Trinajstić information content (AvgIpc) is 3.28. The van der Waals surface area contributed by atoms with E-state index in [1.807, 2.05) is 0 Å². The molecule has 1 aliphatic carbocycles. The number of hydrogen-bond acceptors (Lipinski definition) is 8. The molecular weight excluding hydrogens is 448 g/mol. The van der Waals surface area contributed by atoms with Crippen LogP contribution in [0.5, 0.6) is 0 Å². The minimum atomic E-state index is -0.893. The number of carbonyl (C=O) groups is 5. The number of esters is 2. The highest BCUT2D eigenvalue weighted by Gasteiger charge is 2.36. The Labute approximate surface area is 193 Å². The number of aryl methyl sites for hydroxylation is 1. The van der Waals surface area contributed by atoms with Gasteiger partial charge in [-0.3, -0.25) is 24.1 Å². The lowest BCUT2D eigenvalue weighted by Crippen LogP contribution is -2.36. The van der Waals surface area contributed by atoms with E-state index < -0.39 is 42.8 Å². The maximum Gasteiger partial charge on any atom is 0.341 e. The Hall–Kier alpha value is -3.53. The lowest BCUT2D eigenvalue weighted by Gasteiger charge is -2.13. The Morgan fingerprint density at radius 3 is 2.36 bits per heavy atom. The summed E-state index contributed by atoms with van der Waals surface area (Å²) < 4.78 is 10.1. The van der Waals surface area contributed by atoms with Gasteiger partial charge in [-0.05, 0) is 50.3 Å². The Morgan fingerprint density at radius 1 is 1.03 bits per heavy atom. The molecule has 1 N–H and O–H groups in total. The Balaban J connectivity index is 1.37. The number of benzene rings is 1. The van der Waals surface area contributed by atoms with Crippen LogP contribution in [-0.2, 0) is 31.9 Å². The minimum absolute atomic E-state index is 0.215. The lowest BCUT2D eigenvalue weighted by atomic mass is 9.95. The van der Waals surface area contributed by atoms with Gasteiger partial charge < -0.3 is 14.8 Å². The number of imide groups is 1. The van der Waals surface area contributed by atoms with E-state index in [1.165, 1.54) is 23.5 Å². The van der Waals surface area contributed by atoms with Crippen molar-refractivity contribution in [1.29, 1.82) is 0 Å². The van der Waals surface area contributed by atoms with Crippen LogP contribution in [-0.4, -0.2) is 54.3 Å². The van der Waals surface area contributed by atoms with E-state index in [1.54, 1.807) is 19.1 Å². The number of hydrogen-bond donors (Lipinski definition) is 1. The van der Waals surface area contributed by atoms with Crippen LogP contribution in [0, 0.1) is 0 Å². The van der Waals surface area contributed by atoms with Gasteiger partial charge in [0.1, 0.15) is 11.5 Å². The zero-order chi connectivity index (χ0) is 23.5. The highest BCUT2D eigenvalue weighted by molar-refractivity contribution is 7.17. The second kappa shape index (κ2) is 9.53. The van der Waals surface area contributed by atoms with Gasteiger partial charge in [0.05, 0.1) is 23.3 Å². The maximum absolute atomic E-state index is 12.5. The fraction of sp³-hybridized carbons (Fsp3) is 0.348. The molecular formula is C23H22N2O7S. The van der Waals surface area contributed by atoms with E-state index in [4.69, 9.17) is 9.47 Å². The molecule has 2 aromatic rings. The molecule has 0 atom stereocenters. The zero-order valence-corrected chi connectivity index (χ0v) is 18.8. The van der Waals surface area contributed by atoms with E-state index in [0.717, 1.165) is 41.0 Å². The normalized spacial score (nSPS) is 14.5. The molecule has 0 spiro atoms. The number of thiophene rings is 1. The van der Waals surface area contributed by atoms with E-state index >= 15 is 0 Å². The first-order valence-electron chi connectivity index (χ1n) is 10.6. The van der Waals surface area contributed by atoms with Crippen LogP contribution < -0.4 is 5.32 Å². The largest absolute Gasteiger partial charge is 0.462 e. The summed E-state index contributed by atoms with van der Waals surface area (Å²) in [6.45, 7) is 0.711. The van der Waals surface area contributed by atoms with Crippen LogP contribution in [0.2, 0.25) is 0 Å². The number of fused-ring (bicyclic) bond motifs is 2. The first kappa shape index (κ1) is 22.7. The first-order chi connectivity index (χ1) is 15.9. The van der Waals surface area contributed by atoms with E-state index in [2.05, 4.69) is 5.32 Å². The van der Waals surface area contributed by atoms with E-state index in [-0.39, 0.29) is 17.7 Å². The number of rotatable bonds is 7. The second-order valence-corrected chi connectivity index (χ2v) is 8.69. The molecule has 10 heteroatoms. The third-order valence-corrected chi connectivity index (χ3v) is 6.64. The van der Waals surface area contributed by atoms with E-state index in [9.17, 15) is 24.0 Å². The van der Waals surface area contributed by atoms with Gasteiger partial charge in [-0.2, -0.15) is 0 Å². The Kier molecular flexibility index (Phi) is 6.55.